The number of hydrogen-bond acceptors (Lipinski definition) is 4. The van der Waals surface area contributed by atoms with Gasteiger partial charge < -0.3 is 19.5 Å². The molecule has 0 spiro atoms. The first-order valence-electron chi connectivity index (χ1n) is 8.61. The van der Waals surface area contributed by atoms with E-state index in [0.29, 0.717) is 12.8 Å². The van der Waals surface area contributed by atoms with Crippen LogP contribution >= 0.6 is 0 Å². The summed E-state index contributed by atoms with van der Waals surface area (Å²) in [5.74, 6) is 0.851. The lowest BCUT2D eigenvalue weighted by atomic mass is 9.97. The summed E-state index contributed by atoms with van der Waals surface area (Å²) in [5, 5.41) is 8.88. The van der Waals surface area contributed by atoms with Crippen LogP contribution in [-0.2, 0) is 24.2 Å². The van der Waals surface area contributed by atoms with Gasteiger partial charge in [-0.25, -0.2) is 0 Å². The van der Waals surface area contributed by atoms with E-state index in [1.807, 2.05) is 44.4 Å². The van der Waals surface area contributed by atoms with Gasteiger partial charge in [-0.15, -0.1) is 0 Å². The van der Waals surface area contributed by atoms with Crippen LogP contribution in [0.25, 0.3) is 0 Å². The number of rotatable bonds is 9. The Morgan fingerprint density at radius 2 is 1.81 bits per heavy atom. The minimum absolute atomic E-state index is 0.133. The molecule has 0 aromatic heterocycles. The zero-order valence-corrected chi connectivity index (χ0v) is 15.9. The molecule has 2 rings (SSSR count). The minimum atomic E-state index is -0.782. The fraction of sp³-hybridized carbons (Fsp3) is 0.381. The van der Waals surface area contributed by atoms with E-state index in [0.717, 1.165) is 40.3 Å². The molecule has 0 atom stereocenters. The minimum Gasteiger partial charge on any atom is -0.496 e. The number of ether oxygens (including phenoxy) is 2. The molecule has 140 valence electrons. The molecule has 5 heteroatoms. The van der Waals surface area contributed by atoms with Crippen LogP contribution in [0.5, 0.6) is 11.5 Å². The van der Waals surface area contributed by atoms with Crippen LogP contribution in [0.15, 0.2) is 36.4 Å². The molecule has 26 heavy (non-hydrogen) atoms. The summed E-state index contributed by atoms with van der Waals surface area (Å²) in [5.41, 5.74) is 4.24. The molecule has 0 fully saturated rings. The summed E-state index contributed by atoms with van der Waals surface area (Å²) in [6.45, 7) is 0.777. The van der Waals surface area contributed by atoms with Crippen LogP contribution in [0.4, 0.5) is 0 Å². The Balaban J connectivity index is 2.35. The number of carboxylic acids is 1. The van der Waals surface area contributed by atoms with Gasteiger partial charge in [0.25, 0.3) is 0 Å². The molecule has 0 saturated carbocycles. The van der Waals surface area contributed by atoms with Crippen LogP contribution < -0.4 is 9.47 Å². The predicted molar refractivity (Wildman–Crippen MR) is 102 cm³/mol. The van der Waals surface area contributed by atoms with Crippen LogP contribution in [0.3, 0.4) is 0 Å². The van der Waals surface area contributed by atoms with Gasteiger partial charge in [0.1, 0.15) is 11.5 Å². The predicted octanol–water partition coefficient (Wildman–Crippen LogP) is 3.37. The first-order chi connectivity index (χ1) is 12.4. The van der Waals surface area contributed by atoms with E-state index in [9.17, 15) is 4.79 Å². The lowest BCUT2D eigenvalue weighted by Gasteiger charge is -2.19. The largest absolute Gasteiger partial charge is 0.496 e. The fourth-order valence-electron chi connectivity index (χ4n) is 3.09. The molecule has 0 radical (unpaired) electrons. The average molecular weight is 357 g/mol. The number of aryl methyl sites for hydroxylation is 1. The number of methoxy groups -OCH3 is 2. The van der Waals surface area contributed by atoms with Crippen molar-refractivity contribution in [2.24, 2.45) is 0 Å². The van der Waals surface area contributed by atoms with Crippen LogP contribution in [0.1, 0.15) is 28.7 Å². The number of aliphatic carboxylic acids is 1. The quantitative estimate of drug-likeness (QED) is 0.746. The van der Waals surface area contributed by atoms with Gasteiger partial charge in [0.15, 0.2) is 0 Å². The van der Waals surface area contributed by atoms with E-state index in [1.54, 1.807) is 14.2 Å². The number of hydrogen-bond donors (Lipinski definition) is 1. The first kappa shape index (κ1) is 19.8. The molecule has 1 N–H and O–H groups in total. The lowest BCUT2D eigenvalue weighted by molar-refractivity contribution is -0.136. The SMILES string of the molecule is COc1ccc(CN(C)C)c(OC)c1Cc1cccc(CCC(=O)O)c1. The van der Waals surface area contributed by atoms with E-state index in [1.165, 1.54) is 0 Å². The van der Waals surface area contributed by atoms with Crippen LogP contribution in [-0.4, -0.2) is 44.3 Å². The van der Waals surface area contributed by atoms with E-state index < -0.39 is 5.97 Å². The average Bonchev–Trinajstić information content (AvgIpc) is 2.60. The Hall–Kier alpha value is -2.53. The van der Waals surface area contributed by atoms with Crippen LogP contribution in [0, 0.1) is 0 Å². The smallest absolute Gasteiger partial charge is 0.303 e. The molecule has 0 aliphatic heterocycles. The highest BCUT2D eigenvalue weighted by Gasteiger charge is 2.16. The van der Waals surface area contributed by atoms with Gasteiger partial charge in [0.05, 0.1) is 14.2 Å². The summed E-state index contributed by atoms with van der Waals surface area (Å²) >= 11 is 0. The Bertz CT molecular complexity index is 756. The Kier molecular flexibility index (Phi) is 7.04. The molecule has 2 aromatic rings. The number of carboxylic acid groups (broad SMARTS) is 1. The van der Waals surface area contributed by atoms with Gasteiger partial charge in [0, 0.05) is 30.5 Å². The third kappa shape index (κ3) is 5.23. The maximum atomic E-state index is 10.8. The van der Waals surface area contributed by atoms with E-state index in [4.69, 9.17) is 14.6 Å². The van der Waals surface area contributed by atoms with Crippen molar-refractivity contribution in [2.45, 2.75) is 25.8 Å². The van der Waals surface area contributed by atoms with Gasteiger partial charge in [-0.05, 0) is 37.7 Å². The molecule has 0 aliphatic carbocycles. The molecule has 0 amide bonds. The third-order valence-corrected chi connectivity index (χ3v) is 4.21. The maximum absolute atomic E-state index is 10.8. The zero-order chi connectivity index (χ0) is 19.1. The molecule has 0 bridgehead atoms. The molecule has 0 saturated heterocycles. The number of carbonyl (C=O) groups is 1. The highest BCUT2D eigenvalue weighted by molar-refractivity contribution is 5.67. The standard InChI is InChI=1S/C21H27NO4/c1-22(2)14-17-9-10-19(25-3)18(21(17)26-4)13-16-7-5-6-15(12-16)8-11-20(23)24/h5-7,9-10,12H,8,11,13-14H2,1-4H3,(H,23,24). The summed E-state index contributed by atoms with van der Waals surface area (Å²) < 4.78 is 11.3. The first-order valence-corrected chi connectivity index (χ1v) is 8.61. The Morgan fingerprint density at radius 3 is 2.42 bits per heavy atom. The van der Waals surface area contributed by atoms with Gasteiger partial charge in [0.2, 0.25) is 0 Å². The summed E-state index contributed by atoms with van der Waals surface area (Å²) in [7, 11) is 7.39. The van der Waals surface area contributed by atoms with Crippen molar-refractivity contribution in [3.05, 3.63) is 58.7 Å². The molecule has 0 heterocycles. The van der Waals surface area contributed by atoms with Crippen LogP contribution in [0.2, 0.25) is 0 Å². The Labute approximate surface area is 155 Å². The maximum Gasteiger partial charge on any atom is 0.303 e. The van der Waals surface area contributed by atoms with Crippen molar-refractivity contribution >= 4 is 5.97 Å². The van der Waals surface area contributed by atoms with Gasteiger partial charge in [-0.3, -0.25) is 4.79 Å². The lowest BCUT2D eigenvalue weighted by Crippen LogP contribution is -2.12. The number of benzene rings is 2. The van der Waals surface area contributed by atoms with Crippen molar-refractivity contribution < 1.29 is 19.4 Å². The molecular weight excluding hydrogens is 330 g/mol. The molecule has 0 aliphatic rings. The monoisotopic (exact) mass is 357 g/mol. The summed E-state index contributed by atoms with van der Waals surface area (Å²) in [6.07, 6.45) is 1.32. The highest BCUT2D eigenvalue weighted by atomic mass is 16.5. The van der Waals surface area contributed by atoms with Crippen molar-refractivity contribution in [1.82, 2.24) is 4.90 Å². The zero-order valence-electron chi connectivity index (χ0n) is 15.9. The van der Waals surface area contributed by atoms with E-state index in [-0.39, 0.29) is 6.42 Å². The van der Waals surface area contributed by atoms with Crippen molar-refractivity contribution in [1.29, 1.82) is 0 Å². The molecule has 2 aromatic carbocycles. The van der Waals surface area contributed by atoms with Gasteiger partial charge >= 0.3 is 5.97 Å². The van der Waals surface area contributed by atoms with Crippen molar-refractivity contribution in [2.75, 3.05) is 28.3 Å². The molecular formula is C21H27NO4. The van der Waals surface area contributed by atoms with E-state index >= 15 is 0 Å². The van der Waals surface area contributed by atoms with Gasteiger partial charge in [-0.2, -0.15) is 0 Å². The van der Waals surface area contributed by atoms with Crippen molar-refractivity contribution in [3.8, 4) is 11.5 Å². The second kappa shape index (κ2) is 9.25. The molecule has 5 nitrogen and oxygen atoms in total. The Morgan fingerprint density at radius 1 is 1.08 bits per heavy atom. The second-order valence-electron chi connectivity index (χ2n) is 6.57. The highest BCUT2D eigenvalue weighted by Crippen LogP contribution is 2.34. The summed E-state index contributed by atoms with van der Waals surface area (Å²) in [4.78, 5) is 12.9. The summed E-state index contributed by atoms with van der Waals surface area (Å²) in [6, 6.07) is 12.0. The fourth-order valence-corrected chi connectivity index (χ4v) is 3.09. The molecule has 0 unspecified atom stereocenters. The second-order valence-corrected chi connectivity index (χ2v) is 6.57. The normalized spacial score (nSPS) is 10.8. The van der Waals surface area contributed by atoms with E-state index in [2.05, 4.69) is 11.0 Å². The topological polar surface area (TPSA) is 59.0 Å². The third-order valence-electron chi connectivity index (χ3n) is 4.21. The van der Waals surface area contributed by atoms with Crippen molar-refractivity contribution in [3.63, 3.8) is 0 Å². The number of nitrogens with zero attached hydrogens (tertiary/aromatic N) is 1. The van der Waals surface area contributed by atoms with Gasteiger partial charge in [-0.1, -0.05) is 30.3 Å².